The van der Waals surface area contributed by atoms with Gasteiger partial charge in [0.15, 0.2) is 11.5 Å². The van der Waals surface area contributed by atoms with E-state index in [0.29, 0.717) is 30.6 Å². The summed E-state index contributed by atoms with van der Waals surface area (Å²) >= 11 is 0. The molecule has 1 aromatic rings. The number of hydrogen-bond donors (Lipinski definition) is 1. The summed E-state index contributed by atoms with van der Waals surface area (Å²) in [5.74, 6) is 0.490. The first-order chi connectivity index (χ1) is 9.65. The molecular weight excluding hydrogens is 260 g/mol. The molecule has 1 N–H and O–H groups in total. The number of aliphatic carboxylic acids is 1. The Balaban J connectivity index is 2.11. The predicted molar refractivity (Wildman–Crippen MR) is 73.0 cm³/mol. The second-order valence-electron chi connectivity index (χ2n) is 4.84. The van der Waals surface area contributed by atoms with E-state index < -0.39 is 5.97 Å². The third-order valence-corrected chi connectivity index (χ3v) is 3.40. The number of carboxylic acids is 1. The second kappa shape index (κ2) is 6.56. The van der Waals surface area contributed by atoms with Gasteiger partial charge in [0.25, 0.3) is 0 Å². The number of ether oxygens (including phenoxy) is 2. The fourth-order valence-electron chi connectivity index (χ4n) is 2.23. The summed E-state index contributed by atoms with van der Waals surface area (Å²) in [6.45, 7) is 1.11. The maximum absolute atomic E-state index is 10.7. The molecule has 2 rings (SSSR count). The lowest BCUT2D eigenvalue weighted by atomic mass is 10.2. The van der Waals surface area contributed by atoms with Crippen LogP contribution in [-0.2, 0) is 11.3 Å². The highest BCUT2D eigenvalue weighted by Gasteiger charge is 2.30. The number of methoxy groups -OCH3 is 2. The highest BCUT2D eigenvalue weighted by molar-refractivity contribution is 5.66. The van der Waals surface area contributed by atoms with Crippen LogP contribution in [0.15, 0.2) is 12.3 Å². The number of rotatable bonds is 8. The summed E-state index contributed by atoms with van der Waals surface area (Å²) in [6, 6.07) is 2.22. The van der Waals surface area contributed by atoms with Crippen molar-refractivity contribution in [3.05, 3.63) is 18.0 Å². The Hall–Kier alpha value is -1.82. The van der Waals surface area contributed by atoms with E-state index in [1.807, 2.05) is 0 Å². The highest BCUT2D eigenvalue weighted by Crippen LogP contribution is 2.33. The van der Waals surface area contributed by atoms with Gasteiger partial charge in [0.1, 0.15) is 5.69 Å². The van der Waals surface area contributed by atoms with Gasteiger partial charge in [0, 0.05) is 31.4 Å². The Morgan fingerprint density at radius 2 is 2.20 bits per heavy atom. The van der Waals surface area contributed by atoms with Crippen LogP contribution in [-0.4, -0.2) is 47.8 Å². The number of hydrogen-bond acceptors (Lipinski definition) is 5. The molecule has 0 spiro atoms. The zero-order valence-corrected chi connectivity index (χ0v) is 11.8. The van der Waals surface area contributed by atoms with Gasteiger partial charge >= 0.3 is 5.97 Å². The summed E-state index contributed by atoms with van der Waals surface area (Å²) in [7, 11) is 3.17. The Bertz CT molecular complexity index is 474. The van der Waals surface area contributed by atoms with Crippen molar-refractivity contribution in [2.45, 2.75) is 31.8 Å². The zero-order chi connectivity index (χ0) is 14.5. The zero-order valence-electron chi connectivity index (χ0n) is 11.8. The Labute approximate surface area is 118 Å². The molecule has 0 amide bonds. The Kier molecular flexibility index (Phi) is 4.79. The van der Waals surface area contributed by atoms with Gasteiger partial charge in [-0.1, -0.05) is 0 Å². The van der Waals surface area contributed by atoms with E-state index in [2.05, 4.69) is 9.88 Å². The summed E-state index contributed by atoms with van der Waals surface area (Å²) in [4.78, 5) is 17.2. The minimum atomic E-state index is -0.777. The number of carboxylic acid groups (broad SMARTS) is 1. The van der Waals surface area contributed by atoms with Gasteiger partial charge in [0.2, 0.25) is 0 Å². The SMILES string of the molecule is COc1ccnc(CN(CCC(=O)O)C2CC2)c1OC. The molecule has 110 valence electrons. The van der Waals surface area contributed by atoms with Gasteiger partial charge in [-0.25, -0.2) is 0 Å². The van der Waals surface area contributed by atoms with Gasteiger partial charge in [0.05, 0.1) is 20.6 Å². The van der Waals surface area contributed by atoms with Crippen molar-refractivity contribution < 1.29 is 19.4 Å². The molecule has 1 fully saturated rings. The summed E-state index contributed by atoms with van der Waals surface area (Å²) < 4.78 is 10.6. The molecular formula is C14H20N2O4. The number of nitrogens with zero attached hydrogens (tertiary/aromatic N) is 2. The van der Waals surface area contributed by atoms with Crippen molar-refractivity contribution in [1.82, 2.24) is 9.88 Å². The fraction of sp³-hybridized carbons (Fsp3) is 0.571. The summed E-state index contributed by atoms with van der Waals surface area (Å²) in [5.41, 5.74) is 0.782. The lowest BCUT2D eigenvalue weighted by Crippen LogP contribution is -2.28. The molecule has 0 atom stereocenters. The lowest BCUT2D eigenvalue weighted by molar-refractivity contribution is -0.137. The van der Waals surface area contributed by atoms with Crippen LogP contribution in [0.2, 0.25) is 0 Å². The van der Waals surface area contributed by atoms with Crippen LogP contribution in [0.5, 0.6) is 11.5 Å². The third kappa shape index (κ3) is 3.60. The maximum Gasteiger partial charge on any atom is 0.304 e. The molecule has 0 saturated heterocycles. The molecule has 1 heterocycles. The first-order valence-electron chi connectivity index (χ1n) is 6.67. The van der Waals surface area contributed by atoms with Gasteiger partial charge in [-0.05, 0) is 12.8 Å². The molecule has 0 unspecified atom stereocenters. The summed E-state index contributed by atoms with van der Waals surface area (Å²) in [6.07, 6.45) is 4.06. The first kappa shape index (κ1) is 14.6. The fourth-order valence-corrected chi connectivity index (χ4v) is 2.23. The third-order valence-electron chi connectivity index (χ3n) is 3.40. The van der Waals surface area contributed by atoms with Crippen molar-refractivity contribution in [3.8, 4) is 11.5 Å². The molecule has 0 radical (unpaired) electrons. The quantitative estimate of drug-likeness (QED) is 0.778. The topological polar surface area (TPSA) is 71.9 Å². The largest absolute Gasteiger partial charge is 0.493 e. The van der Waals surface area contributed by atoms with E-state index in [4.69, 9.17) is 14.6 Å². The average Bonchev–Trinajstić information content (AvgIpc) is 3.27. The minimum absolute atomic E-state index is 0.142. The molecule has 0 aromatic carbocycles. The van der Waals surface area contributed by atoms with Crippen LogP contribution in [0, 0.1) is 0 Å². The highest BCUT2D eigenvalue weighted by atomic mass is 16.5. The van der Waals surface area contributed by atoms with E-state index in [0.717, 1.165) is 18.5 Å². The first-order valence-corrected chi connectivity index (χ1v) is 6.67. The molecule has 6 heteroatoms. The van der Waals surface area contributed by atoms with E-state index in [9.17, 15) is 4.79 Å². The molecule has 1 aromatic heterocycles. The monoisotopic (exact) mass is 280 g/mol. The van der Waals surface area contributed by atoms with Gasteiger partial charge in [-0.15, -0.1) is 0 Å². The normalized spacial score (nSPS) is 14.3. The molecule has 6 nitrogen and oxygen atoms in total. The van der Waals surface area contributed by atoms with Crippen molar-refractivity contribution in [1.29, 1.82) is 0 Å². The van der Waals surface area contributed by atoms with Crippen molar-refractivity contribution in [3.63, 3.8) is 0 Å². The van der Waals surface area contributed by atoms with Crippen molar-refractivity contribution >= 4 is 5.97 Å². The molecule has 0 bridgehead atoms. The van der Waals surface area contributed by atoms with E-state index in [1.54, 1.807) is 26.5 Å². The Morgan fingerprint density at radius 1 is 1.45 bits per heavy atom. The van der Waals surface area contributed by atoms with E-state index in [1.165, 1.54) is 0 Å². The molecule has 0 aliphatic heterocycles. The van der Waals surface area contributed by atoms with Crippen molar-refractivity contribution in [2.24, 2.45) is 0 Å². The van der Waals surface area contributed by atoms with Crippen LogP contribution in [0.4, 0.5) is 0 Å². The van der Waals surface area contributed by atoms with Crippen LogP contribution in [0.3, 0.4) is 0 Å². The lowest BCUT2D eigenvalue weighted by Gasteiger charge is -2.22. The number of pyridine rings is 1. The maximum atomic E-state index is 10.7. The van der Waals surface area contributed by atoms with Crippen LogP contribution in [0.25, 0.3) is 0 Å². The van der Waals surface area contributed by atoms with Gasteiger partial charge in [-0.3, -0.25) is 14.7 Å². The van der Waals surface area contributed by atoms with E-state index >= 15 is 0 Å². The van der Waals surface area contributed by atoms with Crippen LogP contribution in [0.1, 0.15) is 25.0 Å². The van der Waals surface area contributed by atoms with Crippen LogP contribution < -0.4 is 9.47 Å². The Morgan fingerprint density at radius 3 is 2.75 bits per heavy atom. The van der Waals surface area contributed by atoms with Gasteiger partial charge in [-0.2, -0.15) is 0 Å². The molecule has 1 aliphatic rings. The number of aromatic nitrogens is 1. The standard InChI is InChI=1S/C14H20N2O4/c1-19-12-5-7-15-11(14(12)20-2)9-16(10-3-4-10)8-6-13(17)18/h5,7,10H,3-4,6,8-9H2,1-2H3,(H,17,18). The average molecular weight is 280 g/mol. The molecule has 20 heavy (non-hydrogen) atoms. The van der Waals surface area contributed by atoms with Crippen LogP contribution >= 0.6 is 0 Å². The second-order valence-corrected chi connectivity index (χ2v) is 4.84. The minimum Gasteiger partial charge on any atom is -0.493 e. The summed E-state index contributed by atoms with van der Waals surface area (Å²) in [5, 5.41) is 8.83. The molecule has 1 aliphatic carbocycles. The van der Waals surface area contributed by atoms with E-state index in [-0.39, 0.29) is 6.42 Å². The molecule has 1 saturated carbocycles. The smallest absolute Gasteiger partial charge is 0.304 e. The predicted octanol–water partition coefficient (Wildman–Crippen LogP) is 1.54. The van der Waals surface area contributed by atoms with Crippen molar-refractivity contribution in [2.75, 3.05) is 20.8 Å². The van der Waals surface area contributed by atoms with Gasteiger partial charge < -0.3 is 14.6 Å². The number of carbonyl (C=O) groups is 1.